The lowest BCUT2D eigenvalue weighted by Gasteiger charge is -2.11. The Bertz CT molecular complexity index is 1050. The molecule has 10 nitrogen and oxygen atoms in total. The van der Waals surface area contributed by atoms with Gasteiger partial charge in [-0.05, 0) is 63.8 Å². The van der Waals surface area contributed by atoms with Crippen molar-refractivity contribution >= 4 is 23.6 Å². The number of ether oxygens (including phenoxy) is 2. The van der Waals surface area contributed by atoms with Gasteiger partial charge in [0.1, 0.15) is 11.5 Å². The summed E-state index contributed by atoms with van der Waals surface area (Å²) in [7, 11) is 0. The van der Waals surface area contributed by atoms with Gasteiger partial charge >= 0.3 is 0 Å². The van der Waals surface area contributed by atoms with Gasteiger partial charge in [0.2, 0.25) is 11.8 Å². The van der Waals surface area contributed by atoms with Crippen molar-refractivity contribution in [1.82, 2.24) is 21.7 Å². The van der Waals surface area contributed by atoms with Crippen LogP contribution in [0.25, 0.3) is 0 Å². The number of hydrogen-bond acceptors (Lipinski definition) is 6. The molecule has 0 bridgehead atoms. The predicted molar refractivity (Wildman–Crippen MR) is 148 cm³/mol. The SMILES string of the molecule is Cc1ccc(OCC(=O)NNC(=O)CCCCCCCC(=O)NNC(=O)COc2ccc(C)cc2C)c(C)c1. The standard InChI is InChI=1S/C29H40N4O6/c1-20-12-14-24(22(3)16-20)38-18-28(36)32-30-26(34)10-8-6-5-7-9-11-27(35)31-33-29(37)19-39-25-15-13-21(2)17-23(25)4/h12-17H,5-11,18-19H2,1-4H3,(H,30,34)(H,31,35)(H,32,36)(H,33,37). The van der Waals surface area contributed by atoms with Gasteiger partial charge in [0.05, 0.1) is 0 Å². The molecule has 4 N–H and O–H groups in total. The van der Waals surface area contributed by atoms with Crippen molar-refractivity contribution in [1.29, 1.82) is 0 Å². The van der Waals surface area contributed by atoms with E-state index in [2.05, 4.69) is 21.7 Å². The number of carbonyl (C=O) groups is 4. The molecule has 2 rings (SSSR count). The maximum absolute atomic E-state index is 11.9. The highest BCUT2D eigenvalue weighted by atomic mass is 16.5. The van der Waals surface area contributed by atoms with Crippen molar-refractivity contribution < 1.29 is 28.7 Å². The van der Waals surface area contributed by atoms with Crippen LogP contribution in [0.3, 0.4) is 0 Å². The summed E-state index contributed by atoms with van der Waals surface area (Å²) in [5.41, 5.74) is 13.6. The van der Waals surface area contributed by atoms with E-state index in [1.54, 1.807) is 0 Å². The van der Waals surface area contributed by atoms with Crippen LogP contribution in [-0.4, -0.2) is 36.8 Å². The summed E-state index contributed by atoms with van der Waals surface area (Å²) in [5.74, 6) is -0.165. The number of nitrogens with one attached hydrogen (secondary N) is 4. The number of aryl methyl sites for hydroxylation is 4. The van der Waals surface area contributed by atoms with E-state index in [0.29, 0.717) is 24.3 Å². The fourth-order valence-electron chi connectivity index (χ4n) is 3.79. The zero-order valence-corrected chi connectivity index (χ0v) is 23.3. The van der Waals surface area contributed by atoms with Crippen molar-refractivity contribution in [2.45, 2.75) is 72.6 Å². The van der Waals surface area contributed by atoms with E-state index in [9.17, 15) is 19.2 Å². The Morgan fingerprint density at radius 1 is 0.538 bits per heavy atom. The van der Waals surface area contributed by atoms with Crippen molar-refractivity contribution in [3.63, 3.8) is 0 Å². The number of unbranched alkanes of at least 4 members (excludes halogenated alkanes) is 4. The zero-order valence-electron chi connectivity index (χ0n) is 23.3. The molecule has 0 saturated heterocycles. The summed E-state index contributed by atoms with van der Waals surface area (Å²) in [4.78, 5) is 47.6. The molecular formula is C29H40N4O6. The highest BCUT2D eigenvalue weighted by molar-refractivity contribution is 5.83. The fourth-order valence-corrected chi connectivity index (χ4v) is 3.79. The topological polar surface area (TPSA) is 135 Å². The molecule has 0 atom stereocenters. The molecule has 0 aliphatic rings. The van der Waals surface area contributed by atoms with Gasteiger partial charge in [-0.3, -0.25) is 40.9 Å². The van der Waals surface area contributed by atoms with E-state index in [4.69, 9.17) is 9.47 Å². The summed E-state index contributed by atoms with van der Waals surface area (Å²) in [5, 5.41) is 0. The second kappa shape index (κ2) is 16.7. The third-order valence-corrected chi connectivity index (χ3v) is 5.87. The average molecular weight is 541 g/mol. The lowest BCUT2D eigenvalue weighted by molar-refractivity contribution is -0.130. The Morgan fingerprint density at radius 3 is 1.28 bits per heavy atom. The Kier molecular flexibility index (Phi) is 13.3. The second-order valence-electron chi connectivity index (χ2n) is 9.58. The number of hydrogen-bond donors (Lipinski definition) is 4. The van der Waals surface area contributed by atoms with Crippen LogP contribution in [0.15, 0.2) is 36.4 Å². The maximum Gasteiger partial charge on any atom is 0.276 e. The molecule has 4 amide bonds. The molecule has 2 aromatic carbocycles. The Balaban J connectivity index is 1.44. The van der Waals surface area contributed by atoms with Crippen molar-refractivity contribution in [3.05, 3.63) is 58.7 Å². The van der Waals surface area contributed by atoms with E-state index >= 15 is 0 Å². The van der Waals surface area contributed by atoms with Crippen LogP contribution < -0.4 is 31.2 Å². The minimum atomic E-state index is -0.438. The van der Waals surface area contributed by atoms with E-state index in [1.807, 2.05) is 64.1 Å². The van der Waals surface area contributed by atoms with Crippen molar-refractivity contribution in [2.24, 2.45) is 0 Å². The molecule has 0 unspecified atom stereocenters. The molecule has 0 saturated carbocycles. The van der Waals surface area contributed by atoms with Crippen LogP contribution in [0.5, 0.6) is 11.5 Å². The maximum atomic E-state index is 11.9. The fraction of sp³-hybridized carbons (Fsp3) is 0.448. The Labute approximate surface area is 230 Å². The average Bonchev–Trinajstić information content (AvgIpc) is 2.89. The molecule has 39 heavy (non-hydrogen) atoms. The smallest absolute Gasteiger partial charge is 0.276 e. The molecule has 10 heteroatoms. The first-order valence-corrected chi connectivity index (χ1v) is 13.2. The molecule has 212 valence electrons. The number of hydrazine groups is 2. The van der Waals surface area contributed by atoms with Gasteiger partial charge in [-0.2, -0.15) is 0 Å². The lowest BCUT2D eigenvalue weighted by Crippen LogP contribution is -2.43. The molecule has 0 aromatic heterocycles. The zero-order chi connectivity index (χ0) is 28.6. The van der Waals surface area contributed by atoms with Crippen LogP contribution in [0.1, 0.15) is 67.2 Å². The summed E-state index contributed by atoms with van der Waals surface area (Å²) in [6.45, 7) is 7.39. The lowest BCUT2D eigenvalue weighted by atomic mass is 10.1. The van der Waals surface area contributed by atoms with Gasteiger partial charge in [0.25, 0.3) is 11.8 Å². The first-order chi connectivity index (χ1) is 18.6. The molecule has 0 radical (unpaired) electrons. The minimum absolute atomic E-state index is 0.192. The largest absolute Gasteiger partial charge is 0.483 e. The van der Waals surface area contributed by atoms with Gasteiger partial charge in [-0.15, -0.1) is 0 Å². The molecule has 2 aromatic rings. The van der Waals surface area contributed by atoms with Gasteiger partial charge in [0.15, 0.2) is 13.2 Å². The first-order valence-electron chi connectivity index (χ1n) is 13.2. The molecule has 0 aliphatic heterocycles. The summed E-state index contributed by atoms with van der Waals surface area (Å²) >= 11 is 0. The van der Waals surface area contributed by atoms with E-state index in [-0.39, 0.29) is 37.9 Å². The Morgan fingerprint density at radius 2 is 0.897 bits per heavy atom. The van der Waals surface area contributed by atoms with Crippen LogP contribution >= 0.6 is 0 Å². The first kappa shape index (κ1) is 31.1. The number of benzene rings is 2. The molecule has 0 fully saturated rings. The third-order valence-electron chi connectivity index (χ3n) is 5.87. The monoisotopic (exact) mass is 540 g/mol. The van der Waals surface area contributed by atoms with Crippen LogP contribution in [0.4, 0.5) is 0 Å². The molecule has 0 spiro atoms. The number of carbonyl (C=O) groups excluding carboxylic acids is 4. The van der Waals surface area contributed by atoms with Crippen molar-refractivity contribution in [2.75, 3.05) is 13.2 Å². The molecule has 0 heterocycles. The van der Waals surface area contributed by atoms with E-state index in [1.165, 1.54) is 0 Å². The number of rotatable bonds is 14. The van der Waals surface area contributed by atoms with Crippen LogP contribution in [-0.2, 0) is 19.2 Å². The third kappa shape index (κ3) is 12.8. The van der Waals surface area contributed by atoms with Gasteiger partial charge < -0.3 is 9.47 Å². The summed E-state index contributed by atoms with van der Waals surface area (Å²) in [6.07, 6.45) is 4.43. The van der Waals surface area contributed by atoms with Gasteiger partial charge in [0, 0.05) is 12.8 Å². The van der Waals surface area contributed by atoms with Crippen molar-refractivity contribution in [3.8, 4) is 11.5 Å². The van der Waals surface area contributed by atoms with Gasteiger partial charge in [-0.25, -0.2) is 0 Å². The predicted octanol–water partition coefficient (Wildman–Crippen LogP) is 3.40. The van der Waals surface area contributed by atoms with Crippen LogP contribution in [0, 0.1) is 27.7 Å². The normalized spacial score (nSPS) is 10.4. The van der Waals surface area contributed by atoms with Gasteiger partial charge in [-0.1, -0.05) is 54.7 Å². The second-order valence-corrected chi connectivity index (χ2v) is 9.58. The van der Waals surface area contributed by atoms with E-state index in [0.717, 1.165) is 41.5 Å². The highest BCUT2D eigenvalue weighted by Crippen LogP contribution is 2.19. The highest BCUT2D eigenvalue weighted by Gasteiger charge is 2.09. The minimum Gasteiger partial charge on any atom is -0.483 e. The van der Waals surface area contributed by atoms with E-state index < -0.39 is 11.8 Å². The number of amides is 4. The summed E-state index contributed by atoms with van der Waals surface area (Å²) in [6, 6.07) is 11.4. The molecular weight excluding hydrogens is 500 g/mol. The Hall–Kier alpha value is -4.08. The molecule has 0 aliphatic carbocycles. The summed E-state index contributed by atoms with van der Waals surface area (Å²) < 4.78 is 11.0. The quantitative estimate of drug-likeness (QED) is 0.214. The van der Waals surface area contributed by atoms with Crippen LogP contribution in [0.2, 0.25) is 0 Å².